The second-order valence-corrected chi connectivity index (χ2v) is 4.73. The summed E-state index contributed by atoms with van der Waals surface area (Å²) in [5.74, 6) is 0. The number of para-hydroxylation sites is 1. The lowest BCUT2D eigenvalue weighted by molar-refractivity contribution is 0.511. The zero-order chi connectivity index (χ0) is 12.5. The van der Waals surface area contributed by atoms with E-state index in [0.717, 1.165) is 0 Å². The number of anilines is 1. The van der Waals surface area contributed by atoms with Crippen LogP contribution < -0.4 is 4.90 Å². The molecule has 0 N–H and O–H groups in total. The van der Waals surface area contributed by atoms with Gasteiger partial charge in [-0.2, -0.15) is 0 Å². The first kappa shape index (κ1) is 14.1. The molecule has 0 saturated carbocycles. The van der Waals surface area contributed by atoms with Crippen molar-refractivity contribution in [2.45, 2.75) is 58.9 Å². The lowest BCUT2D eigenvalue weighted by atomic mass is 10.0. The molecule has 0 fully saturated rings. The number of nitrogens with zero attached hydrogens (tertiary/aromatic N) is 1. The van der Waals surface area contributed by atoms with Crippen LogP contribution in [0.1, 0.15) is 52.9 Å². The van der Waals surface area contributed by atoms with Crippen molar-refractivity contribution in [2.24, 2.45) is 0 Å². The van der Waals surface area contributed by atoms with Crippen LogP contribution in [0.3, 0.4) is 0 Å². The Hall–Kier alpha value is -0.980. The summed E-state index contributed by atoms with van der Waals surface area (Å²) < 4.78 is 0. The minimum Gasteiger partial charge on any atom is -0.369 e. The third-order valence-corrected chi connectivity index (χ3v) is 3.36. The molecule has 1 unspecified atom stereocenters. The third kappa shape index (κ3) is 4.41. The molecule has 0 spiro atoms. The smallest absolute Gasteiger partial charge is 0.0368 e. The zero-order valence-corrected chi connectivity index (χ0v) is 11.7. The van der Waals surface area contributed by atoms with E-state index in [9.17, 15) is 0 Å². The molecule has 17 heavy (non-hydrogen) atoms. The van der Waals surface area contributed by atoms with E-state index < -0.39 is 0 Å². The predicted molar refractivity (Wildman–Crippen MR) is 77.7 cm³/mol. The number of benzene rings is 1. The Morgan fingerprint density at radius 1 is 1.00 bits per heavy atom. The summed E-state index contributed by atoms with van der Waals surface area (Å²) >= 11 is 0. The van der Waals surface area contributed by atoms with Crippen LogP contribution in [0.2, 0.25) is 0 Å². The maximum Gasteiger partial charge on any atom is 0.0368 e. The molecule has 96 valence electrons. The van der Waals surface area contributed by atoms with Gasteiger partial charge in [0.1, 0.15) is 0 Å². The quantitative estimate of drug-likeness (QED) is 0.619. The van der Waals surface area contributed by atoms with Crippen LogP contribution in [0.25, 0.3) is 0 Å². The molecule has 1 aromatic rings. The van der Waals surface area contributed by atoms with Crippen LogP contribution in [-0.4, -0.2) is 12.6 Å². The Bertz CT molecular complexity index is 281. The molecule has 0 radical (unpaired) electrons. The van der Waals surface area contributed by atoms with Crippen LogP contribution in [0.4, 0.5) is 5.69 Å². The Morgan fingerprint density at radius 3 is 2.24 bits per heavy atom. The Kier molecular flexibility index (Phi) is 6.76. The molecule has 0 aliphatic rings. The van der Waals surface area contributed by atoms with Gasteiger partial charge in [0.05, 0.1) is 0 Å². The van der Waals surface area contributed by atoms with E-state index >= 15 is 0 Å². The number of hydrogen-bond acceptors (Lipinski definition) is 1. The third-order valence-electron chi connectivity index (χ3n) is 3.36. The molecule has 0 bridgehead atoms. The van der Waals surface area contributed by atoms with Gasteiger partial charge in [0.25, 0.3) is 0 Å². The van der Waals surface area contributed by atoms with Gasteiger partial charge in [-0.3, -0.25) is 0 Å². The molecule has 1 aromatic carbocycles. The van der Waals surface area contributed by atoms with Gasteiger partial charge < -0.3 is 4.90 Å². The van der Waals surface area contributed by atoms with E-state index in [0.29, 0.717) is 6.04 Å². The summed E-state index contributed by atoms with van der Waals surface area (Å²) in [7, 11) is 0. The van der Waals surface area contributed by atoms with Crippen molar-refractivity contribution < 1.29 is 0 Å². The van der Waals surface area contributed by atoms with E-state index in [-0.39, 0.29) is 0 Å². The summed E-state index contributed by atoms with van der Waals surface area (Å²) in [5.41, 5.74) is 1.39. The summed E-state index contributed by atoms with van der Waals surface area (Å²) in [5, 5.41) is 0. The molecule has 1 atom stereocenters. The summed E-state index contributed by atoms with van der Waals surface area (Å²) in [4.78, 5) is 2.59. The summed E-state index contributed by atoms with van der Waals surface area (Å²) in [6, 6.07) is 11.6. The van der Waals surface area contributed by atoms with Crippen LogP contribution in [0, 0.1) is 0 Å². The van der Waals surface area contributed by atoms with Gasteiger partial charge in [-0.25, -0.2) is 0 Å². The molecular formula is C16H27N. The fourth-order valence-electron chi connectivity index (χ4n) is 2.40. The minimum absolute atomic E-state index is 0.706. The van der Waals surface area contributed by atoms with Crippen molar-refractivity contribution in [1.29, 1.82) is 0 Å². The largest absolute Gasteiger partial charge is 0.369 e. The first-order valence-corrected chi connectivity index (χ1v) is 7.15. The van der Waals surface area contributed by atoms with Gasteiger partial charge in [-0.15, -0.1) is 0 Å². The average molecular weight is 233 g/mol. The van der Waals surface area contributed by atoms with Gasteiger partial charge in [-0.05, 0) is 31.4 Å². The predicted octanol–water partition coefficient (Wildman–Crippen LogP) is 4.87. The van der Waals surface area contributed by atoms with Gasteiger partial charge in [0, 0.05) is 18.3 Å². The highest BCUT2D eigenvalue weighted by Gasteiger charge is 2.15. The van der Waals surface area contributed by atoms with Gasteiger partial charge >= 0.3 is 0 Å². The second kappa shape index (κ2) is 8.16. The number of hydrogen-bond donors (Lipinski definition) is 0. The van der Waals surface area contributed by atoms with E-state index in [1.165, 1.54) is 44.3 Å². The van der Waals surface area contributed by atoms with Gasteiger partial charge in [0.2, 0.25) is 0 Å². The van der Waals surface area contributed by atoms with E-state index in [1.807, 2.05) is 0 Å². The fourth-order valence-corrected chi connectivity index (χ4v) is 2.40. The minimum atomic E-state index is 0.706. The maximum atomic E-state index is 2.59. The van der Waals surface area contributed by atoms with E-state index in [4.69, 9.17) is 0 Å². The molecular weight excluding hydrogens is 206 g/mol. The van der Waals surface area contributed by atoms with Crippen molar-refractivity contribution in [1.82, 2.24) is 0 Å². The van der Waals surface area contributed by atoms with Crippen molar-refractivity contribution >= 4 is 5.69 Å². The second-order valence-electron chi connectivity index (χ2n) is 4.73. The van der Waals surface area contributed by atoms with E-state index in [2.05, 4.69) is 56.0 Å². The normalized spacial score (nSPS) is 12.4. The Morgan fingerprint density at radius 2 is 1.71 bits per heavy atom. The molecule has 0 heterocycles. The standard InChI is InChI=1S/C16H27N/c1-4-7-11-15(6-3)17(14-5-2)16-12-9-8-10-13-16/h8-10,12-13,15H,4-7,11,14H2,1-3H3. The van der Waals surface area contributed by atoms with Gasteiger partial charge in [-0.1, -0.05) is 51.8 Å². The Labute approximate surface area is 107 Å². The fraction of sp³-hybridized carbons (Fsp3) is 0.625. The summed E-state index contributed by atoms with van der Waals surface area (Å²) in [6.45, 7) is 8.03. The van der Waals surface area contributed by atoms with Crippen LogP contribution in [0.5, 0.6) is 0 Å². The number of unbranched alkanes of at least 4 members (excludes halogenated alkanes) is 1. The van der Waals surface area contributed by atoms with Crippen molar-refractivity contribution in [3.05, 3.63) is 30.3 Å². The molecule has 1 heteroatoms. The Balaban J connectivity index is 2.75. The number of rotatable bonds is 8. The van der Waals surface area contributed by atoms with Crippen LogP contribution in [0.15, 0.2) is 30.3 Å². The van der Waals surface area contributed by atoms with Crippen molar-refractivity contribution in [3.8, 4) is 0 Å². The monoisotopic (exact) mass is 233 g/mol. The molecule has 0 saturated heterocycles. The van der Waals surface area contributed by atoms with Crippen molar-refractivity contribution in [3.63, 3.8) is 0 Å². The molecule has 1 nitrogen and oxygen atoms in total. The van der Waals surface area contributed by atoms with Gasteiger partial charge in [0.15, 0.2) is 0 Å². The molecule has 0 amide bonds. The first-order chi connectivity index (χ1) is 8.33. The first-order valence-electron chi connectivity index (χ1n) is 7.15. The molecule has 0 aliphatic carbocycles. The highest BCUT2D eigenvalue weighted by molar-refractivity contribution is 5.46. The molecule has 1 rings (SSSR count). The van der Waals surface area contributed by atoms with Crippen molar-refractivity contribution in [2.75, 3.05) is 11.4 Å². The highest BCUT2D eigenvalue weighted by atomic mass is 15.2. The maximum absolute atomic E-state index is 2.59. The van der Waals surface area contributed by atoms with E-state index in [1.54, 1.807) is 0 Å². The lowest BCUT2D eigenvalue weighted by Gasteiger charge is -2.33. The molecule has 0 aromatic heterocycles. The zero-order valence-electron chi connectivity index (χ0n) is 11.7. The SMILES string of the molecule is CCCCC(CC)N(CCC)c1ccccc1. The van der Waals surface area contributed by atoms with Crippen LogP contribution >= 0.6 is 0 Å². The van der Waals surface area contributed by atoms with Crippen LogP contribution in [-0.2, 0) is 0 Å². The molecule has 0 aliphatic heterocycles. The lowest BCUT2D eigenvalue weighted by Crippen LogP contribution is -2.35. The summed E-state index contributed by atoms with van der Waals surface area (Å²) in [6.07, 6.45) is 6.42. The average Bonchev–Trinajstić information content (AvgIpc) is 2.39. The highest BCUT2D eigenvalue weighted by Crippen LogP contribution is 2.21. The topological polar surface area (TPSA) is 3.24 Å².